The van der Waals surface area contributed by atoms with E-state index in [4.69, 9.17) is 10.00 Å². The molecule has 22 heavy (non-hydrogen) atoms. The monoisotopic (exact) mass is 302 g/mol. The molecule has 0 aliphatic carbocycles. The fourth-order valence-electron chi connectivity index (χ4n) is 1.86. The number of ether oxygens (including phenoxy) is 1. The third kappa shape index (κ3) is 7.65. The average molecular weight is 302 g/mol. The number of hydrogen-bond donors (Lipinski definition) is 2. The smallest absolute Gasteiger partial charge is 0.191 e. The van der Waals surface area contributed by atoms with Crippen molar-refractivity contribution in [2.75, 3.05) is 26.8 Å². The minimum atomic E-state index is 0.576. The number of guanidine groups is 1. The summed E-state index contributed by atoms with van der Waals surface area (Å²) in [7, 11) is 1.75. The Morgan fingerprint density at radius 3 is 2.86 bits per heavy atom. The standard InChI is InChI=1S/C17H26N4O/c1-14(2)13-22-9-5-8-20-17(19-3)21-12-16-7-4-6-15(10-16)11-18/h4,6-7,10,14H,5,8-9,12-13H2,1-3H3,(H2,19,20,21). The van der Waals surface area contributed by atoms with Crippen LogP contribution in [0.15, 0.2) is 29.3 Å². The maximum atomic E-state index is 8.89. The molecule has 0 unspecified atom stereocenters. The van der Waals surface area contributed by atoms with Gasteiger partial charge in [-0.25, -0.2) is 0 Å². The fourth-order valence-corrected chi connectivity index (χ4v) is 1.86. The first kappa shape index (κ1) is 18.0. The molecule has 0 heterocycles. The van der Waals surface area contributed by atoms with Gasteiger partial charge in [-0.15, -0.1) is 0 Å². The van der Waals surface area contributed by atoms with Crippen LogP contribution < -0.4 is 10.6 Å². The van der Waals surface area contributed by atoms with E-state index >= 15 is 0 Å². The van der Waals surface area contributed by atoms with Gasteiger partial charge < -0.3 is 15.4 Å². The highest BCUT2D eigenvalue weighted by Crippen LogP contribution is 2.03. The van der Waals surface area contributed by atoms with E-state index in [1.165, 1.54) is 0 Å². The normalized spacial score (nSPS) is 11.3. The molecule has 0 spiro atoms. The van der Waals surface area contributed by atoms with Crippen molar-refractivity contribution < 1.29 is 4.74 Å². The zero-order chi connectivity index (χ0) is 16.2. The number of rotatable bonds is 8. The lowest BCUT2D eigenvalue weighted by Gasteiger charge is -2.12. The number of nitrogens with zero attached hydrogens (tertiary/aromatic N) is 2. The predicted octanol–water partition coefficient (Wildman–Crippen LogP) is 2.29. The minimum Gasteiger partial charge on any atom is -0.381 e. The van der Waals surface area contributed by atoms with Crippen LogP contribution in [-0.4, -0.2) is 32.8 Å². The second-order valence-corrected chi connectivity index (χ2v) is 5.49. The van der Waals surface area contributed by atoms with E-state index in [0.29, 0.717) is 18.0 Å². The molecule has 0 atom stereocenters. The highest BCUT2D eigenvalue weighted by atomic mass is 16.5. The number of hydrogen-bond acceptors (Lipinski definition) is 3. The molecule has 0 saturated heterocycles. The molecule has 1 rings (SSSR count). The Morgan fingerprint density at radius 1 is 1.36 bits per heavy atom. The lowest BCUT2D eigenvalue weighted by Crippen LogP contribution is -2.37. The van der Waals surface area contributed by atoms with E-state index < -0.39 is 0 Å². The third-order valence-electron chi connectivity index (χ3n) is 2.95. The summed E-state index contributed by atoms with van der Waals surface area (Å²) in [6.07, 6.45) is 0.942. The summed E-state index contributed by atoms with van der Waals surface area (Å²) in [5, 5.41) is 15.4. The number of benzene rings is 1. The minimum absolute atomic E-state index is 0.576. The third-order valence-corrected chi connectivity index (χ3v) is 2.95. The molecular formula is C17H26N4O. The molecular weight excluding hydrogens is 276 g/mol. The van der Waals surface area contributed by atoms with Gasteiger partial charge >= 0.3 is 0 Å². The zero-order valence-electron chi connectivity index (χ0n) is 13.7. The highest BCUT2D eigenvalue weighted by Gasteiger charge is 1.99. The van der Waals surface area contributed by atoms with Gasteiger partial charge in [0.1, 0.15) is 0 Å². The summed E-state index contributed by atoms with van der Waals surface area (Å²) in [5.41, 5.74) is 1.73. The Labute approximate surface area is 133 Å². The van der Waals surface area contributed by atoms with Crippen LogP contribution in [0, 0.1) is 17.2 Å². The van der Waals surface area contributed by atoms with Crippen molar-refractivity contribution in [3.05, 3.63) is 35.4 Å². The van der Waals surface area contributed by atoms with Gasteiger partial charge in [-0.3, -0.25) is 4.99 Å². The summed E-state index contributed by atoms with van der Waals surface area (Å²) in [4.78, 5) is 4.18. The van der Waals surface area contributed by atoms with Crippen molar-refractivity contribution in [2.24, 2.45) is 10.9 Å². The molecule has 5 heteroatoms. The van der Waals surface area contributed by atoms with E-state index in [1.807, 2.05) is 18.2 Å². The number of nitriles is 1. The second-order valence-electron chi connectivity index (χ2n) is 5.49. The Bertz CT molecular complexity index is 506. The Hall–Kier alpha value is -2.06. The summed E-state index contributed by atoms with van der Waals surface area (Å²) in [5.74, 6) is 1.33. The summed E-state index contributed by atoms with van der Waals surface area (Å²) in [6, 6.07) is 9.69. The molecule has 2 N–H and O–H groups in total. The first-order chi connectivity index (χ1) is 10.7. The lowest BCUT2D eigenvalue weighted by atomic mass is 10.1. The van der Waals surface area contributed by atoms with Gasteiger partial charge in [-0.2, -0.15) is 5.26 Å². The molecule has 1 aromatic rings. The molecule has 0 aliphatic rings. The predicted molar refractivity (Wildman–Crippen MR) is 89.6 cm³/mol. The molecule has 0 aliphatic heterocycles. The maximum absolute atomic E-state index is 8.89. The summed E-state index contributed by atoms with van der Waals surface area (Å²) < 4.78 is 5.53. The van der Waals surface area contributed by atoms with E-state index in [2.05, 4.69) is 35.5 Å². The Morgan fingerprint density at radius 2 is 2.18 bits per heavy atom. The first-order valence-corrected chi connectivity index (χ1v) is 7.67. The van der Waals surface area contributed by atoms with Crippen molar-refractivity contribution in [1.82, 2.24) is 10.6 Å². The van der Waals surface area contributed by atoms with Gasteiger partial charge in [-0.1, -0.05) is 26.0 Å². The van der Waals surface area contributed by atoms with Gasteiger partial charge in [0.15, 0.2) is 5.96 Å². The topological polar surface area (TPSA) is 69.4 Å². The van der Waals surface area contributed by atoms with Gasteiger partial charge in [0.2, 0.25) is 0 Å². The molecule has 0 fully saturated rings. The molecule has 1 aromatic carbocycles. The van der Waals surface area contributed by atoms with Crippen LogP contribution in [0.2, 0.25) is 0 Å². The summed E-state index contributed by atoms with van der Waals surface area (Å²) >= 11 is 0. The van der Waals surface area contributed by atoms with Crippen molar-refractivity contribution >= 4 is 5.96 Å². The SMILES string of the molecule is CN=C(NCCCOCC(C)C)NCc1cccc(C#N)c1. The van der Waals surface area contributed by atoms with Crippen LogP contribution in [0.5, 0.6) is 0 Å². The average Bonchev–Trinajstić information content (AvgIpc) is 2.53. The van der Waals surface area contributed by atoms with Gasteiger partial charge in [0, 0.05) is 33.4 Å². The van der Waals surface area contributed by atoms with Crippen LogP contribution in [0.3, 0.4) is 0 Å². The van der Waals surface area contributed by atoms with Crippen LogP contribution in [-0.2, 0) is 11.3 Å². The van der Waals surface area contributed by atoms with E-state index in [1.54, 1.807) is 13.1 Å². The highest BCUT2D eigenvalue weighted by molar-refractivity contribution is 5.79. The van der Waals surface area contributed by atoms with Crippen molar-refractivity contribution in [1.29, 1.82) is 5.26 Å². The van der Waals surface area contributed by atoms with E-state index in [0.717, 1.165) is 37.7 Å². The Balaban J connectivity index is 2.24. The quantitative estimate of drug-likeness (QED) is 0.439. The van der Waals surface area contributed by atoms with E-state index in [-0.39, 0.29) is 0 Å². The van der Waals surface area contributed by atoms with Crippen LogP contribution in [0.1, 0.15) is 31.4 Å². The van der Waals surface area contributed by atoms with Crippen molar-refractivity contribution in [2.45, 2.75) is 26.8 Å². The molecule has 0 aromatic heterocycles. The fraction of sp³-hybridized carbons (Fsp3) is 0.529. The molecule has 0 amide bonds. The second kappa shape index (κ2) is 10.6. The van der Waals surface area contributed by atoms with Gasteiger partial charge in [-0.05, 0) is 30.0 Å². The van der Waals surface area contributed by atoms with Crippen molar-refractivity contribution in [3.8, 4) is 6.07 Å². The van der Waals surface area contributed by atoms with Gasteiger partial charge in [0.25, 0.3) is 0 Å². The molecule has 0 bridgehead atoms. The molecule has 0 radical (unpaired) electrons. The van der Waals surface area contributed by atoms with Crippen LogP contribution >= 0.6 is 0 Å². The molecule has 5 nitrogen and oxygen atoms in total. The van der Waals surface area contributed by atoms with E-state index in [9.17, 15) is 0 Å². The van der Waals surface area contributed by atoms with Crippen LogP contribution in [0.4, 0.5) is 0 Å². The number of nitrogens with one attached hydrogen (secondary N) is 2. The summed E-state index contributed by atoms with van der Waals surface area (Å²) in [6.45, 7) is 7.31. The largest absolute Gasteiger partial charge is 0.381 e. The van der Waals surface area contributed by atoms with Crippen LogP contribution in [0.25, 0.3) is 0 Å². The van der Waals surface area contributed by atoms with Crippen molar-refractivity contribution in [3.63, 3.8) is 0 Å². The zero-order valence-corrected chi connectivity index (χ0v) is 13.7. The Kier molecular flexibility index (Phi) is 8.70. The molecule has 0 saturated carbocycles. The lowest BCUT2D eigenvalue weighted by molar-refractivity contribution is 0.108. The van der Waals surface area contributed by atoms with Gasteiger partial charge in [0.05, 0.1) is 11.6 Å². The maximum Gasteiger partial charge on any atom is 0.191 e. The first-order valence-electron chi connectivity index (χ1n) is 7.67. The number of aliphatic imine (C=N–C) groups is 1. The molecule has 120 valence electrons.